The quantitative estimate of drug-likeness (QED) is 0.809. The minimum atomic E-state index is -0.566. The van der Waals surface area contributed by atoms with Crippen LogP contribution < -0.4 is 0 Å². The van der Waals surface area contributed by atoms with E-state index in [9.17, 15) is 4.79 Å². The van der Waals surface area contributed by atoms with Gasteiger partial charge in [-0.05, 0) is 44.6 Å². The van der Waals surface area contributed by atoms with Crippen LogP contribution in [0.3, 0.4) is 0 Å². The zero-order valence-electron chi connectivity index (χ0n) is 13.8. The summed E-state index contributed by atoms with van der Waals surface area (Å²) in [5.41, 5.74) is 1.47. The molecule has 1 aromatic heterocycles. The third-order valence-electron chi connectivity index (χ3n) is 4.62. The molecular formula is C17H28N2O2. The van der Waals surface area contributed by atoms with Crippen molar-refractivity contribution in [2.75, 3.05) is 6.61 Å². The Morgan fingerprint density at radius 1 is 1.52 bits per heavy atom. The number of ether oxygens (including phenoxy) is 1. The van der Waals surface area contributed by atoms with Gasteiger partial charge in [0.1, 0.15) is 5.60 Å². The van der Waals surface area contributed by atoms with E-state index in [2.05, 4.69) is 18.9 Å². The molecule has 118 valence electrons. The Labute approximate surface area is 127 Å². The average molecular weight is 292 g/mol. The smallest absolute Gasteiger partial charge is 0.170 e. The fraction of sp³-hybridized carbons (Fsp3) is 0.765. The highest BCUT2D eigenvalue weighted by Crippen LogP contribution is 2.36. The number of ketones is 1. The molecule has 0 N–H and O–H groups in total. The molecule has 0 aliphatic heterocycles. The molecule has 21 heavy (non-hydrogen) atoms. The fourth-order valence-corrected chi connectivity index (χ4v) is 3.48. The van der Waals surface area contributed by atoms with Crippen LogP contribution >= 0.6 is 0 Å². The summed E-state index contributed by atoms with van der Waals surface area (Å²) in [4.78, 5) is 12.9. The summed E-state index contributed by atoms with van der Waals surface area (Å²) in [6.45, 7) is 6.88. The Hall–Kier alpha value is -1.16. The minimum absolute atomic E-state index is 0.224. The minimum Gasteiger partial charge on any atom is -0.367 e. The SMILES string of the molecule is CCOC1(C(=O)Cc2cc(CC)nn2C)CCCC(C)C1. The van der Waals surface area contributed by atoms with E-state index < -0.39 is 5.60 Å². The lowest BCUT2D eigenvalue weighted by Gasteiger charge is -2.38. The molecule has 1 saturated carbocycles. The molecule has 1 aliphatic rings. The molecule has 0 radical (unpaired) electrons. The first-order valence-corrected chi connectivity index (χ1v) is 8.19. The molecule has 2 atom stereocenters. The van der Waals surface area contributed by atoms with E-state index in [1.807, 2.05) is 24.7 Å². The molecule has 1 aromatic rings. The first kappa shape index (κ1) is 16.2. The van der Waals surface area contributed by atoms with Crippen LogP contribution in [0.25, 0.3) is 0 Å². The van der Waals surface area contributed by atoms with Gasteiger partial charge in [-0.15, -0.1) is 0 Å². The summed E-state index contributed by atoms with van der Waals surface area (Å²) >= 11 is 0. The number of carbonyl (C=O) groups excluding carboxylic acids is 1. The molecule has 0 spiro atoms. The molecule has 4 heteroatoms. The van der Waals surface area contributed by atoms with Crippen molar-refractivity contribution in [1.29, 1.82) is 0 Å². The van der Waals surface area contributed by atoms with Crippen molar-refractivity contribution in [3.05, 3.63) is 17.5 Å². The van der Waals surface area contributed by atoms with Crippen molar-refractivity contribution in [3.8, 4) is 0 Å². The van der Waals surface area contributed by atoms with E-state index in [4.69, 9.17) is 4.74 Å². The van der Waals surface area contributed by atoms with Gasteiger partial charge in [0.25, 0.3) is 0 Å². The van der Waals surface area contributed by atoms with Gasteiger partial charge in [-0.3, -0.25) is 9.48 Å². The number of Topliss-reactive ketones (excluding diaryl/α,β-unsaturated/α-hetero) is 1. The topological polar surface area (TPSA) is 44.1 Å². The maximum Gasteiger partial charge on any atom is 0.170 e. The van der Waals surface area contributed by atoms with Crippen LogP contribution in [0.4, 0.5) is 0 Å². The van der Waals surface area contributed by atoms with E-state index in [1.54, 1.807) is 0 Å². The molecule has 0 saturated heterocycles. The van der Waals surface area contributed by atoms with Crippen LogP contribution in [-0.2, 0) is 29.4 Å². The summed E-state index contributed by atoms with van der Waals surface area (Å²) in [5.74, 6) is 0.786. The second-order valence-corrected chi connectivity index (χ2v) is 6.33. The van der Waals surface area contributed by atoms with Gasteiger partial charge in [0, 0.05) is 19.3 Å². The van der Waals surface area contributed by atoms with Crippen LogP contribution in [0.5, 0.6) is 0 Å². The third kappa shape index (κ3) is 3.54. The standard InChI is InChI=1S/C17H28N2O2/c1-5-14-10-15(19(4)18-14)11-16(20)17(21-6-2)9-7-8-13(3)12-17/h10,13H,5-9,11-12H2,1-4H3. The molecule has 0 aromatic carbocycles. The molecule has 2 rings (SSSR count). The van der Waals surface area contributed by atoms with Gasteiger partial charge in [-0.25, -0.2) is 0 Å². The second-order valence-electron chi connectivity index (χ2n) is 6.33. The molecule has 1 fully saturated rings. The number of rotatable bonds is 6. The number of carbonyl (C=O) groups is 1. The number of hydrogen-bond acceptors (Lipinski definition) is 3. The highest BCUT2D eigenvalue weighted by Gasteiger charge is 2.42. The molecule has 0 bridgehead atoms. The molecular weight excluding hydrogens is 264 g/mol. The maximum absolute atomic E-state index is 12.9. The number of hydrogen-bond donors (Lipinski definition) is 0. The van der Waals surface area contributed by atoms with Crippen molar-refractivity contribution >= 4 is 5.78 Å². The van der Waals surface area contributed by atoms with E-state index >= 15 is 0 Å². The predicted octanol–water partition coefficient (Wildman–Crippen LogP) is 3.08. The molecule has 2 unspecified atom stereocenters. The normalized spacial score (nSPS) is 26.0. The van der Waals surface area contributed by atoms with Crippen molar-refractivity contribution in [3.63, 3.8) is 0 Å². The van der Waals surface area contributed by atoms with Gasteiger partial charge in [0.05, 0.1) is 12.1 Å². The van der Waals surface area contributed by atoms with E-state index in [1.165, 1.54) is 6.42 Å². The Kier molecular flexibility index (Phi) is 5.20. The van der Waals surface area contributed by atoms with Crippen LogP contribution in [-0.4, -0.2) is 27.8 Å². The van der Waals surface area contributed by atoms with Crippen LogP contribution in [0.1, 0.15) is 57.8 Å². The molecule has 4 nitrogen and oxygen atoms in total. The lowest BCUT2D eigenvalue weighted by molar-refractivity contribution is -0.150. The van der Waals surface area contributed by atoms with Crippen molar-refractivity contribution < 1.29 is 9.53 Å². The van der Waals surface area contributed by atoms with E-state index in [0.29, 0.717) is 18.9 Å². The first-order valence-electron chi connectivity index (χ1n) is 8.19. The number of aryl methyl sites for hydroxylation is 2. The average Bonchev–Trinajstić information content (AvgIpc) is 2.79. The summed E-state index contributed by atoms with van der Waals surface area (Å²) in [6.07, 6.45) is 5.33. The highest BCUT2D eigenvalue weighted by molar-refractivity contribution is 5.89. The van der Waals surface area contributed by atoms with Crippen molar-refractivity contribution in [2.45, 2.75) is 64.9 Å². The summed E-state index contributed by atoms with van der Waals surface area (Å²) in [6, 6.07) is 2.05. The maximum atomic E-state index is 12.9. The monoisotopic (exact) mass is 292 g/mol. The lowest BCUT2D eigenvalue weighted by Crippen LogP contribution is -2.46. The van der Waals surface area contributed by atoms with E-state index in [0.717, 1.165) is 37.1 Å². The second kappa shape index (κ2) is 6.73. The Morgan fingerprint density at radius 3 is 2.86 bits per heavy atom. The molecule has 1 aliphatic carbocycles. The molecule has 0 amide bonds. The fourth-order valence-electron chi connectivity index (χ4n) is 3.48. The zero-order chi connectivity index (χ0) is 15.5. The first-order chi connectivity index (χ1) is 10.0. The Morgan fingerprint density at radius 2 is 2.29 bits per heavy atom. The van der Waals surface area contributed by atoms with E-state index in [-0.39, 0.29) is 5.78 Å². The summed E-state index contributed by atoms with van der Waals surface area (Å²) in [5, 5.41) is 4.43. The van der Waals surface area contributed by atoms with Crippen LogP contribution in [0, 0.1) is 5.92 Å². The highest BCUT2D eigenvalue weighted by atomic mass is 16.5. The van der Waals surface area contributed by atoms with Gasteiger partial charge >= 0.3 is 0 Å². The molecule has 1 heterocycles. The summed E-state index contributed by atoms with van der Waals surface area (Å²) in [7, 11) is 1.92. The van der Waals surface area contributed by atoms with Gasteiger partial charge in [-0.1, -0.05) is 20.3 Å². The Balaban J connectivity index is 2.16. The van der Waals surface area contributed by atoms with Crippen LogP contribution in [0.2, 0.25) is 0 Å². The lowest BCUT2D eigenvalue weighted by atomic mass is 9.75. The van der Waals surface area contributed by atoms with Gasteiger partial charge in [0.2, 0.25) is 0 Å². The largest absolute Gasteiger partial charge is 0.367 e. The summed E-state index contributed by atoms with van der Waals surface area (Å²) < 4.78 is 7.80. The number of nitrogens with zero attached hydrogens (tertiary/aromatic N) is 2. The van der Waals surface area contributed by atoms with Gasteiger partial charge < -0.3 is 4.74 Å². The number of aromatic nitrogens is 2. The predicted molar refractivity (Wildman–Crippen MR) is 83.3 cm³/mol. The third-order valence-corrected chi connectivity index (χ3v) is 4.62. The van der Waals surface area contributed by atoms with Crippen molar-refractivity contribution in [1.82, 2.24) is 9.78 Å². The zero-order valence-corrected chi connectivity index (χ0v) is 13.8. The van der Waals surface area contributed by atoms with Crippen LogP contribution in [0.15, 0.2) is 6.07 Å². The Bertz CT molecular complexity index is 491. The van der Waals surface area contributed by atoms with Gasteiger partial charge in [-0.2, -0.15) is 5.10 Å². The van der Waals surface area contributed by atoms with Gasteiger partial charge in [0.15, 0.2) is 5.78 Å². The van der Waals surface area contributed by atoms with Crippen molar-refractivity contribution in [2.24, 2.45) is 13.0 Å².